The average Bonchev–Trinajstić information content (AvgIpc) is 2.28. The SMILES string of the molecule is Nc1cncc(Nc2ccc(C(F)(F)F)cc2)n1. The molecular weight excluding hydrogens is 245 g/mol. The number of nitrogen functional groups attached to an aromatic ring is 1. The quantitative estimate of drug-likeness (QED) is 0.864. The van der Waals surface area contributed by atoms with Gasteiger partial charge >= 0.3 is 6.18 Å². The van der Waals surface area contributed by atoms with Gasteiger partial charge in [0.1, 0.15) is 5.82 Å². The Balaban J connectivity index is 2.16. The van der Waals surface area contributed by atoms with E-state index in [0.29, 0.717) is 11.5 Å². The Hall–Kier alpha value is -2.31. The number of hydrogen-bond acceptors (Lipinski definition) is 4. The maximum Gasteiger partial charge on any atom is 0.416 e. The Morgan fingerprint density at radius 2 is 1.72 bits per heavy atom. The molecule has 0 saturated carbocycles. The summed E-state index contributed by atoms with van der Waals surface area (Å²) in [6.45, 7) is 0. The smallest absolute Gasteiger partial charge is 0.382 e. The Bertz CT molecular complexity index is 537. The number of hydrogen-bond donors (Lipinski definition) is 2. The van der Waals surface area contributed by atoms with Crippen molar-refractivity contribution in [2.75, 3.05) is 11.1 Å². The highest BCUT2D eigenvalue weighted by Gasteiger charge is 2.29. The molecule has 1 heterocycles. The van der Waals surface area contributed by atoms with Gasteiger partial charge in [0.15, 0.2) is 5.82 Å². The van der Waals surface area contributed by atoms with Crippen LogP contribution in [0.5, 0.6) is 0 Å². The van der Waals surface area contributed by atoms with E-state index in [1.165, 1.54) is 24.5 Å². The van der Waals surface area contributed by atoms with E-state index in [2.05, 4.69) is 15.3 Å². The van der Waals surface area contributed by atoms with Crippen LogP contribution in [0.1, 0.15) is 5.56 Å². The van der Waals surface area contributed by atoms with Crippen LogP contribution in [0.25, 0.3) is 0 Å². The number of nitrogens with one attached hydrogen (secondary N) is 1. The lowest BCUT2D eigenvalue weighted by Crippen LogP contribution is -2.04. The van der Waals surface area contributed by atoms with Crippen LogP contribution in [0, 0.1) is 0 Å². The van der Waals surface area contributed by atoms with Crippen molar-refractivity contribution in [2.24, 2.45) is 0 Å². The second-order valence-electron chi connectivity index (χ2n) is 3.53. The van der Waals surface area contributed by atoms with Gasteiger partial charge < -0.3 is 11.1 Å². The van der Waals surface area contributed by atoms with Gasteiger partial charge in [-0.1, -0.05) is 0 Å². The van der Waals surface area contributed by atoms with Crippen LogP contribution >= 0.6 is 0 Å². The highest BCUT2D eigenvalue weighted by Crippen LogP contribution is 2.30. The molecule has 0 amide bonds. The minimum absolute atomic E-state index is 0.229. The molecule has 94 valence electrons. The third-order valence-corrected chi connectivity index (χ3v) is 2.14. The van der Waals surface area contributed by atoms with E-state index in [1.807, 2.05) is 0 Å². The minimum atomic E-state index is -4.34. The number of aromatic nitrogens is 2. The first-order valence-electron chi connectivity index (χ1n) is 4.97. The van der Waals surface area contributed by atoms with Crippen LogP contribution in [-0.2, 0) is 6.18 Å². The fourth-order valence-corrected chi connectivity index (χ4v) is 1.33. The van der Waals surface area contributed by atoms with Crippen molar-refractivity contribution in [3.05, 3.63) is 42.2 Å². The zero-order valence-electron chi connectivity index (χ0n) is 9.07. The molecule has 2 rings (SSSR count). The molecule has 0 atom stereocenters. The normalized spacial score (nSPS) is 11.3. The summed E-state index contributed by atoms with van der Waals surface area (Å²) < 4.78 is 37.0. The number of nitrogens with zero attached hydrogens (tertiary/aromatic N) is 2. The Labute approximate surface area is 101 Å². The fraction of sp³-hybridized carbons (Fsp3) is 0.0909. The van der Waals surface area contributed by atoms with Gasteiger partial charge in [0.25, 0.3) is 0 Å². The number of nitrogens with two attached hydrogens (primary N) is 1. The topological polar surface area (TPSA) is 63.8 Å². The van der Waals surface area contributed by atoms with Gasteiger partial charge in [-0.3, -0.25) is 4.98 Å². The zero-order chi connectivity index (χ0) is 13.2. The molecule has 2 aromatic rings. The summed E-state index contributed by atoms with van der Waals surface area (Å²) in [5.41, 5.74) is 5.20. The van der Waals surface area contributed by atoms with Crippen LogP contribution in [0.3, 0.4) is 0 Å². The van der Waals surface area contributed by atoms with Crippen LogP contribution in [0.15, 0.2) is 36.7 Å². The molecule has 1 aromatic carbocycles. The van der Waals surface area contributed by atoms with Gasteiger partial charge in [0.2, 0.25) is 0 Å². The molecule has 18 heavy (non-hydrogen) atoms. The maximum atomic E-state index is 12.3. The van der Waals surface area contributed by atoms with Crippen molar-refractivity contribution in [3.8, 4) is 0 Å². The van der Waals surface area contributed by atoms with E-state index < -0.39 is 11.7 Å². The second-order valence-corrected chi connectivity index (χ2v) is 3.53. The molecule has 0 fully saturated rings. The summed E-state index contributed by atoms with van der Waals surface area (Å²) >= 11 is 0. The molecule has 4 nitrogen and oxygen atoms in total. The third-order valence-electron chi connectivity index (χ3n) is 2.14. The van der Waals surface area contributed by atoms with Gasteiger partial charge in [0, 0.05) is 5.69 Å². The lowest BCUT2D eigenvalue weighted by atomic mass is 10.2. The molecule has 0 aliphatic heterocycles. The largest absolute Gasteiger partial charge is 0.416 e. The molecule has 0 aliphatic rings. The Morgan fingerprint density at radius 1 is 1.06 bits per heavy atom. The van der Waals surface area contributed by atoms with Crippen LogP contribution in [-0.4, -0.2) is 9.97 Å². The summed E-state index contributed by atoms with van der Waals surface area (Å²) in [6, 6.07) is 4.60. The van der Waals surface area contributed by atoms with Crippen molar-refractivity contribution in [2.45, 2.75) is 6.18 Å². The molecule has 0 bridgehead atoms. The standard InChI is InChI=1S/C11H9F3N4/c12-11(13,14)7-1-3-8(4-2-7)17-10-6-16-5-9(15)18-10/h1-6H,(H3,15,17,18). The summed E-state index contributed by atoms with van der Waals surface area (Å²) in [6.07, 6.45) is -1.54. The van der Waals surface area contributed by atoms with Crippen LogP contribution in [0.4, 0.5) is 30.5 Å². The summed E-state index contributed by atoms with van der Waals surface area (Å²) in [7, 11) is 0. The average molecular weight is 254 g/mol. The fourth-order valence-electron chi connectivity index (χ4n) is 1.33. The van der Waals surface area contributed by atoms with Crippen molar-refractivity contribution in [3.63, 3.8) is 0 Å². The minimum Gasteiger partial charge on any atom is -0.382 e. The van der Waals surface area contributed by atoms with Gasteiger partial charge in [-0.15, -0.1) is 0 Å². The molecule has 0 radical (unpaired) electrons. The highest BCUT2D eigenvalue weighted by molar-refractivity contribution is 5.56. The first-order chi connectivity index (χ1) is 8.45. The first-order valence-corrected chi connectivity index (χ1v) is 4.97. The predicted octanol–water partition coefficient (Wildman–Crippen LogP) is 2.82. The molecule has 0 spiro atoms. The molecule has 0 saturated heterocycles. The summed E-state index contributed by atoms with van der Waals surface area (Å²) in [4.78, 5) is 7.73. The van der Waals surface area contributed by atoms with Gasteiger partial charge in [-0.05, 0) is 24.3 Å². The number of benzene rings is 1. The number of anilines is 3. The Kier molecular flexibility index (Phi) is 3.05. The van der Waals surface area contributed by atoms with E-state index in [9.17, 15) is 13.2 Å². The predicted molar refractivity (Wildman–Crippen MR) is 61.2 cm³/mol. The maximum absolute atomic E-state index is 12.3. The van der Waals surface area contributed by atoms with Crippen LogP contribution < -0.4 is 11.1 Å². The molecule has 3 N–H and O–H groups in total. The Morgan fingerprint density at radius 3 is 2.28 bits per heavy atom. The summed E-state index contributed by atoms with van der Waals surface area (Å²) in [5.74, 6) is 0.599. The molecule has 7 heteroatoms. The van der Waals surface area contributed by atoms with E-state index in [-0.39, 0.29) is 5.82 Å². The van der Waals surface area contributed by atoms with Crippen LogP contribution in [0.2, 0.25) is 0 Å². The third kappa shape index (κ3) is 2.88. The van der Waals surface area contributed by atoms with Gasteiger partial charge in [-0.2, -0.15) is 13.2 Å². The van der Waals surface area contributed by atoms with Crippen molar-refractivity contribution >= 4 is 17.3 Å². The lowest BCUT2D eigenvalue weighted by Gasteiger charge is -2.09. The van der Waals surface area contributed by atoms with Crippen molar-refractivity contribution < 1.29 is 13.2 Å². The molecule has 0 unspecified atom stereocenters. The van der Waals surface area contributed by atoms with E-state index in [0.717, 1.165) is 12.1 Å². The second kappa shape index (κ2) is 4.52. The molecule has 0 aliphatic carbocycles. The van der Waals surface area contributed by atoms with E-state index in [4.69, 9.17) is 5.73 Å². The van der Waals surface area contributed by atoms with Crippen molar-refractivity contribution in [1.82, 2.24) is 9.97 Å². The van der Waals surface area contributed by atoms with Gasteiger partial charge in [0.05, 0.1) is 18.0 Å². The molecule has 1 aromatic heterocycles. The number of rotatable bonds is 2. The van der Waals surface area contributed by atoms with E-state index in [1.54, 1.807) is 0 Å². The van der Waals surface area contributed by atoms with E-state index >= 15 is 0 Å². The highest BCUT2D eigenvalue weighted by atomic mass is 19.4. The first kappa shape index (κ1) is 12.2. The lowest BCUT2D eigenvalue weighted by molar-refractivity contribution is -0.137. The zero-order valence-corrected chi connectivity index (χ0v) is 9.07. The summed E-state index contributed by atoms with van der Waals surface area (Å²) in [5, 5.41) is 2.80. The molecular formula is C11H9F3N4. The number of halogens is 3. The monoisotopic (exact) mass is 254 g/mol. The van der Waals surface area contributed by atoms with Gasteiger partial charge in [-0.25, -0.2) is 4.98 Å². The number of alkyl halides is 3. The van der Waals surface area contributed by atoms with Crippen molar-refractivity contribution in [1.29, 1.82) is 0 Å².